The number of aromatic nitrogens is 2. The summed E-state index contributed by atoms with van der Waals surface area (Å²) < 4.78 is 0. The molecule has 0 saturated carbocycles. The number of H-pyrrole nitrogens is 1. The number of phenolic OH excluding ortho intramolecular Hbond substituents is 1. The number of benzene rings is 2. The first-order chi connectivity index (χ1) is 15.4. The molecular weight excluding hydrogens is 404 g/mol. The number of aryl methyl sites for hydroxylation is 1. The molecule has 0 aliphatic carbocycles. The lowest BCUT2D eigenvalue weighted by molar-refractivity contribution is 0.0952. The van der Waals surface area contributed by atoms with Crippen LogP contribution in [0.3, 0.4) is 0 Å². The molecule has 0 bridgehead atoms. The van der Waals surface area contributed by atoms with Crippen LogP contribution < -0.4 is 11.0 Å². The Morgan fingerprint density at radius 2 is 1.88 bits per heavy atom. The van der Waals surface area contributed by atoms with Gasteiger partial charge in [0, 0.05) is 17.7 Å². The zero-order valence-corrected chi connectivity index (χ0v) is 18.8. The Balaban J connectivity index is 1.77. The number of aromatic hydroxyl groups is 1. The lowest BCUT2D eigenvalue weighted by Crippen LogP contribution is -2.29. The molecule has 7 nitrogen and oxygen atoms in total. The average Bonchev–Trinajstić information content (AvgIpc) is 2.80. The largest absolute Gasteiger partial charge is 0.508 e. The molecule has 0 radical (unpaired) electrons. The van der Waals surface area contributed by atoms with E-state index in [2.05, 4.69) is 34.0 Å². The molecule has 3 aromatic rings. The van der Waals surface area contributed by atoms with Gasteiger partial charge in [-0.05, 0) is 80.5 Å². The van der Waals surface area contributed by atoms with Gasteiger partial charge >= 0.3 is 5.69 Å². The van der Waals surface area contributed by atoms with Crippen molar-refractivity contribution in [1.82, 2.24) is 20.2 Å². The summed E-state index contributed by atoms with van der Waals surface area (Å²) in [6.45, 7) is 9.61. The fourth-order valence-electron chi connectivity index (χ4n) is 3.55. The second kappa shape index (κ2) is 10.7. The van der Waals surface area contributed by atoms with E-state index in [0.29, 0.717) is 29.1 Å². The van der Waals surface area contributed by atoms with Crippen LogP contribution in [0.4, 0.5) is 0 Å². The minimum Gasteiger partial charge on any atom is -0.508 e. The van der Waals surface area contributed by atoms with Gasteiger partial charge in [-0.3, -0.25) is 4.79 Å². The number of hydrogen-bond donors (Lipinski definition) is 3. The van der Waals surface area contributed by atoms with E-state index in [0.717, 1.165) is 37.2 Å². The number of aromatic amines is 1. The van der Waals surface area contributed by atoms with Crippen molar-refractivity contribution in [3.63, 3.8) is 0 Å². The van der Waals surface area contributed by atoms with Crippen molar-refractivity contribution >= 4 is 5.91 Å². The number of amides is 1. The molecule has 0 aliphatic rings. The second-order valence-corrected chi connectivity index (χ2v) is 7.70. The van der Waals surface area contributed by atoms with E-state index in [4.69, 9.17) is 0 Å². The van der Waals surface area contributed by atoms with E-state index in [9.17, 15) is 14.7 Å². The van der Waals surface area contributed by atoms with Gasteiger partial charge in [-0.1, -0.05) is 26.0 Å². The molecule has 32 heavy (non-hydrogen) atoms. The monoisotopic (exact) mass is 434 g/mol. The highest BCUT2D eigenvalue weighted by molar-refractivity contribution is 5.95. The van der Waals surface area contributed by atoms with Crippen molar-refractivity contribution in [2.75, 3.05) is 26.2 Å². The minimum absolute atomic E-state index is 0.141. The third-order valence-electron chi connectivity index (χ3n) is 5.50. The fraction of sp³-hybridized carbons (Fsp3) is 0.320. The number of nitrogens with zero attached hydrogens (tertiary/aromatic N) is 2. The lowest BCUT2D eigenvalue weighted by Gasteiger charge is -2.17. The van der Waals surface area contributed by atoms with E-state index >= 15 is 0 Å². The Morgan fingerprint density at radius 1 is 1.09 bits per heavy atom. The van der Waals surface area contributed by atoms with Gasteiger partial charge in [-0.2, -0.15) is 4.98 Å². The van der Waals surface area contributed by atoms with Crippen molar-refractivity contribution < 1.29 is 9.90 Å². The molecule has 0 saturated heterocycles. The highest BCUT2D eigenvalue weighted by atomic mass is 16.3. The zero-order valence-electron chi connectivity index (χ0n) is 18.8. The van der Waals surface area contributed by atoms with Crippen LogP contribution in [0.25, 0.3) is 22.5 Å². The fourth-order valence-corrected chi connectivity index (χ4v) is 3.55. The molecule has 2 aromatic carbocycles. The first-order valence-electron chi connectivity index (χ1n) is 10.9. The Bertz CT molecular complexity index is 1140. The van der Waals surface area contributed by atoms with Crippen LogP contribution in [0, 0.1) is 6.92 Å². The summed E-state index contributed by atoms with van der Waals surface area (Å²) >= 11 is 0. The Kier molecular flexibility index (Phi) is 7.78. The predicted molar refractivity (Wildman–Crippen MR) is 127 cm³/mol. The maximum absolute atomic E-state index is 12.6. The first kappa shape index (κ1) is 23.2. The smallest absolute Gasteiger partial charge is 0.345 e. The van der Waals surface area contributed by atoms with Gasteiger partial charge in [0.15, 0.2) is 0 Å². The topological polar surface area (TPSA) is 98.3 Å². The van der Waals surface area contributed by atoms with Crippen LogP contribution in [0.1, 0.15) is 36.2 Å². The number of nitrogens with one attached hydrogen (secondary N) is 2. The summed E-state index contributed by atoms with van der Waals surface area (Å²) in [5.74, 6) is 0.0480. The Labute approximate surface area is 188 Å². The molecule has 3 rings (SSSR count). The first-order valence-corrected chi connectivity index (χ1v) is 10.9. The van der Waals surface area contributed by atoms with E-state index in [1.165, 1.54) is 0 Å². The Morgan fingerprint density at radius 3 is 2.59 bits per heavy atom. The molecule has 1 heterocycles. The van der Waals surface area contributed by atoms with Crippen LogP contribution in [-0.2, 0) is 0 Å². The normalized spacial score (nSPS) is 11.0. The van der Waals surface area contributed by atoms with Crippen LogP contribution in [0.2, 0.25) is 0 Å². The number of carbonyl (C=O) groups excluding carboxylic acids is 1. The third-order valence-corrected chi connectivity index (χ3v) is 5.50. The van der Waals surface area contributed by atoms with E-state index in [1.807, 2.05) is 6.07 Å². The zero-order chi connectivity index (χ0) is 23.1. The summed E-state index contributed by atoms with van der Waals surface area (Å²) in [5, 5.41) is 12.7. The predicted octanol–water partition coefficient (Wildman–Crippen LogP) is 3.58. The van der Waals surface area contributed by atoms with E-state index in [-0.39, 0.29) is 11.7 Å². The van der Waals surface area contributed by atoms with Crippen molar-refractivity contribution in [2.45, 2.75) is 27.2 Å². The summed E-state index contributed by atoms with van der Waals surface area (Å²) in [5.41, 5.74) is 3.28. The molecule has 168 valence electrons. The van der Waals surface area contributed by atoms with Crippen molar-refractivity contribution in [2.24, 2.45) is 0 Å². The van der Waals surface area contributed by atoms with Gasteiger partial charge in [0.25, 0.3) is 5.91 Å². The standard InChI is InChI=1S/C25H30N4O3/c1-4-29(5-2)13-7-12-26-24(31)20-9-6-8-18(15-20)21-16-22(28-25(32)27-21)19-10-11-23(30)17(3)14-19/h6,8-11,14-16,30H,4-5,7,12-13H2,1-3H3,(H,26,31)(H,27,28,32). The van der Waals surface area contributed by atoms with Gasteiger partial charge < -0.3 is 20.3 Å². The van der Waals surface area contributed by atoms with Crippen LogP contribution >= 0.6 is 0 Å². The molecule has 0 unspecified atom stereocenters. The molecule has 3 N–H and O–H groups in total. The quantitative estimate of drug-likeness (QED) is 0.447. The maximum Gasteiger partial charge on any atom is 0.345 e. The van der Waals surface area contributed by atoms with Gasteiger partial charge in [-0.15, -0.1) is 0 Å². The van der Waals surface area contributed by atoms with Gasteiger partial charge in [-0.25, -0.2) is 4.79 Å². The lowest BCUT2D eigenvalue weighted by atomic mass is 10.0. The molecule has 1 amide bonds. The van der Waals surface area contributed by atoms with Crippen LogP contribution in [0.15, 0.2) is 53.3 Å². The third kappa shape index (κ3) is 5.82. The highest BCUT2D eigenvalue weighted by Crippen LogP contribution is 2.26. The Hall–Kier alpha value is -3.45. The van der Waals surface area contributed by atoms with E-state index in [1.54, 1.807) is 49.4 Å². The van der Waals surface area contributed by atoms with Gasteiger partial charge in [0.05, 0.1) is 11.4 Å². The number of carbonyl (C=O) groups is 1. The molecule has 7 heteroatoms. The summed E-state index contributed by atoms with van der Waals surface area (Å²) in [6.07, 6.45) is 0.889. The number of rotatable bonds is 9. The number of hydrogen-bond acceptors (Lipinski definition) is 5. The number of phenols is 1. The van der Waals surface area contributed by atoms with Crippen molar-refractivity contribution in [3.05, 3.63) is 70.1 Å². The van der Waals surface area contributed by atoms with Crippen LogP contribution in [-0.4, -0.2) is 52.1 Å². The van der Waals surface area contributed by atoms with E-state index < -0.39 is 5.69 Å². The molecule has 0 atom stereocenters. The highest BCUT2D eigenvalue weighted by Gasteiger charge is 2.11. The summed E-state index contributed by atoms with van der Waals surface area (Å²) in [6, 6.07) is 14.0. The second-order valence-electron chi connectivity index (χ2n) is 7.70. The van der Waals surface area contributed by atoms with Gasteiger partial charge in [0.2, 0.25) is 0 Å². The minimum atomic E-state index is -0.477. The molecular formula is C25H30N4O3. The molecule has 0 aliphatic heterocycles. The van der Waals surface area contributed by atoms with Crippen molar-refractivity contribution in [1.29, 1.82) is 0 Å². The molecule has 0 spiro atoms. The SMILES string of the molecule is CCN(CC)CCCNC(=O)c1cccc(-c2cc(-c3ccc(O)c(C)c3)nc(=O)[nH]2)c1. The van der Waals surface area contributed by atoms with Crippen LogP contribution in [0.5, 0.6) is 5.75 Å². The average molecular weight is 435 g/mol. The summed E-state index contributed by atoms with van der Waals surface area (Å²) in [7, 11) is 0. The van der Waals surface area contributed by atoms with Gasteiger partial charge in [0.1, 0.15) is 5.75 Å². The molecule has 0 fully saturated rings. The summed E-state index contributed by atoms with van der Waals surface area (Å²) in [4.78, 5) is 33.9. The van der Waals surface area contributed by atoms with Crippen molar-refractivity contribution in [3.8, 4) is 28.3 Å². The maximum atomic E-state index is 12.6. The molecule has 1 aromatic heterocycles.